The third kappa shape index (κ3) is 5.87. The molecule has 2 aliphatic rings. The molecule has 1 aliphatic heterocycles. The van der Waals surface area contributed by atoms with E-state index in [0.717, 1.165) is 38.4 Å². The van der Waals surface area contributed by atoms with Crippen molar-refractivity contribution in [3.63, 3.8) is 0 Å². The van der Waals surface area contributed by atoms with Crippen LogP contribution in [-0.4, -0.2) is 42.9 Å². The summed E-state index contributed by atoms with van der Waals surface area (Å²) in [5, 5.41) is 6.49. The van der Waals surface area contributed by atoms with Crippen molar-refractivity contribution in [1.29, 1.82) is 0 Å². The fraction of sp³-hybridized carbons (Fsp3) is 0.556. The van der Waals surface area contributed by atoms with Crippen molar-refractivity contribution >= 4 is 41.5 Å². The molecule has 138 valence electrons. The van der Waals surface area contributed by atoms with Crippen LogP contribution in [0.2, 0.25) is 5.02 Å². The van der Waals surface area contributed by atoms with Gasteiger partial charge < -0.3 is 15.5 Å². The quantitative estimate of drug-likeness (QED) is 0.789. The molecule has 2 amide bonds. The van der Waals surface area contributed by atoms with E-state index in [0.29, 0.717) is 16.3 Å². The number of amides is 2. The van der Waals surface area contributed by atoms with Gasteiger partial charge >= 0.3 is 0 Å². The summed E-state index contributed by atoms with van der Waals surface area (Å²) in [7, 11) is 0. The van der Waals surface area contributed by atoms with Crippen LogP contribution in [0.5, 0.6) is 0 Å². The summed E-state index contributed by atoms with van der Waals surface area (Å²) in [4.78, 5) is 26.7. The maximum absolute atomic E-state index is 12.7. The Morgan fingerprint density at radius 3 is 2.56 bits per heavy atom. The van der Waals surface area contributed by atoms with Gasteiger partial charge in [0.05, 0.1) is 17.8 Å². The molecule has 5 nitrogen and oxygen atoms in total. The van der Waals surface area contributed by atoms with Gasteiger partial charge in [-0.3, -0.25) is 9.59 Å². The average molecular weight is 386 g/mol. The number of anilines is 1. The van der Waals surface area contributed by atoms with Crippen LogP contribution in [0.1, 0.15) is 42.5 Å². The molecule has 1 aromatic carbocycles. The molecular formula is C18H25Cl2N3O2. The highest BCUT2D eigenvalue weighted by Gasteiger charge is 2.23. The van der Waals surface area contributed by atoms with E-state index >= 15 is 0 Å². The molecular weight excluding hydrogens is 361 g/mol. The van der Waals surface area contributed by atoms with Gasteiger partial charge in [0.2, 0.25) is 5.91 Å². The fourth-order valence-electron chi connectivity index (χ4n) is 2.98. The van der Waals surface area contributed by atoms with Crippen molar-refractivity contribution in [2.75, 3.05) is 31.5 Å². The van der Waals surface area contributed by atoms with Crippen molar-refractivity contribution in [3.05, 3.63) is 28.8 Å². The predicted molar refractivity (Wildman–Crippen MR) is 103 cm³/mol. The largest absolute Gasteiger partial charge is 0.339 e. The molecule has 1 heterocycles. The van der Waals surface area contributed by atoms with Gasteiger partial charge in [-0.2, -0.15) is 0 Å². The van der Waals surface area contributed by atoms with Gasteiger partial charge in [-0.05, 0) is 62.8 Å². The Morgan fingerprint density at radius 2 is 1.88 bits per heavy atom. The first-order valence-corrected chi connectivity index (χ1v) is 9.10. The molecule has 1 saturated heterocycles. The third-order valence-electron chi connectivity index (χ3n) is 4.54. The Bertz CT molecular complexity index is 614. The molecule has 0 atom stereocenters. The van der Waals surface area contributed by atoms with Gasteiger partial charge in [0.25, 0.3) is 5.91 Å². The van der Waals surface area contributed by atoms with Crippen molar-refractivity contribution in [2.24, 2.45) is 5.92 Å². The molecule has 1 saturated carbocycles. The normalized spacial score (nSPS) is 16.9. The van der Waals surface area contributed by atoms with E-state index in [1.165, 1.54) is 19.3 Å². The number of rotatable bonds is 6. The topological polar surface area (TPSA) is 61.4 Å². The number of carbonyl (C=O) groups excluding carboxylic acids is 2. The van der Waals surface area contributed by atoms with Crippen molar-refractivity contribution in [1.82, 2.24) is 10.2 Å². The van der Waals surface area contributed by atoms with Crippen LogP contribution in [-0.2, 0) is 4.79 Å². The number of piperidine rings is 1. The van der Waals surface area contributed by atoms with Gasteiger partial charge in [0, 0.05) is 18.1 Å². The predicted octanol–water partition coefficient (Wildman–Crippen LogP) is 3.33. The van der Waals surface area contributed by atoms with Crippen LogP contribution in [0.3, 0.4) is 0 Å². The fourth-order valence-corrected chi connectivity index (χ4v) is 3.15. The first kappa shape index (κ1) is 20.0. The number of nitrogens with one attached hydrogen (secondary N) is 2. The lowest BCUT2D eigenvalue weighted by Crippen LogP contribution is -2.36. The van der Waals surface area contributed by atoms with Crippen LogP contribution in [0, 0.1) is 5.92 Å². The zero-order valence-corrected chi connectivity index (χ0v) is 15.8. The van der Waals surface area contributed by atoms with Crippen molar-refractivity contribution in [2.45, 2.75) is 32.1 Å². The Labute approximate surface area is 159 Å². The Balaban J connectivity index is 0.00000225. The van der Waals surface area contributed by atoms with Crippen LogP contribution in [0.25, 0.3) is 0 Å². The summed E-state index contributed by atoms with van der Waals surface area (Å²) in [6.45, 7) is 2.68. The molecule has 0 unspecified atom stereocenters. The smallest absolute Gasteiger partial charge is 0.255 e. The second-order valence-electron chi connectivity index (χ2n) is 6.67. The van der Waals surface area contributed by atoms with Crippen LogP contribution in [0.4, 0.5) is 5.69 Å². The van der Waals surface area contributed by atoms with Crippen molar-refractivity contribution < 1.29 is 9.59 Å². The van der Waals surface area contributed by atoms with Gasteiger partial charge in [0.1, 0.15) is 0 Å². The van der Waals surface area contributed by atoms with Gasteiger partial charge in [-0.15, -0.1) is 12.4 Å². The summed E-state index contributed by atoms with van der Waals surface area (Å²) in [6.07, 6.45) is 5.73. The Kier molecular flexibility index (Phi) is 7.54. The number of hydrogen-bond acceptors (Lipinski definition) is 3. The molecule has 1 aromatic rings. The zero-order valence-electron chi connectivity index (χ0n) is 14.2. The summed E-state index contributed by atoms with van der Waals surface area (Å²) >= 11 is 6.05. The van der Waals surface area contributed by atoms with E-state index in [-0.39, 0.29) is 30.8 Å². The third-order valence-corrected chi connectivity index (χ3v) is 4.78. The number of hydrogen-bond donors (Lipinski definition) is 2. The van der Waals surface area contributed by atoms with Gasteiger partial charge in [-0.1, -0.05) is 11.6 Å². The average Bonchev–Trinajstić information content (AvgIpc) is 3.39. The highest BCUT2D eigenvalue weighted by molar-refractivity contribution is 6.31. The summed E-state index contributed by atoms with van der Waals surface area (Å²) in [5.41, 5.74) is 1.01. The highest BCUT2D eigenvalue weighted by Crippen LogP contribution is 2.27. The van der Waals surface area contributed by atoms with E-state index < -0.39 is 0 Å². The zero-order chi connectivity index (χ0) is 16.9. The Morgan fingerprint density at radius 1 is 1.16 bits per heavy atom. The lowest BCUT2D eigenvalue weighted by molar-refractivity contribution is -0.115. The van der Waals surface area contributed by atoms with E-state index in [1.54, 1.807) is 18.2 Å². The number of benzene rings is 1. The molecule has 1 aliphatic carbocycles. The molecule has 0 aromatic heterocycles. The molecule has 3 rings (SSSR count). The lowest BCUT2D eigenvalue weighted by atomic mass is 10.1. The van der Waals surface area contributed by atoms with E-state index in [2.05, 4.69) is 10.6 Å². The maximum Gasteiger partial charge on any atom is 0.255 e. The number of carbonyl (C=O) groups is 2. The minimum absolute atomic E-state index is 0. The first-order valence-electron chi connectivity index (χ1n) is 8.73. The number of likely N-dealkylation sites (tertiary alicyclic amines) is 1. The lowest BCUT2D eigenvalue weighted by Gasteiger charge is -2.27. The minimum atomic E-state index is -0.148. The van der Waals surface area contributed by atoms with Crippen LogP contribution in [0.15, 0.2) is 18.2 Å². The monoisotopic (exact) mass is 385 g/mol. The summed E-state index contributed by atoms with van der Waals surface area (Å²) in [5.74, 6) is 0.540. The highest BCUT2D eigenvalue weighted by atomic mass is 35.5. The molecule has 2 N–H and O–H groups in total. The van der Waals surface area contributed by atoms with E-state index in [1.807, 2.05) is 4.90 Å². The summed E-state index contributed by atoms with van der Waals surface area (Å²) < 4.78 is 0. The van der Waals surface area contributed by atoms with Crippen LogP contribution < -0.4 is 10.6 Å². The Hall–Kier alpha value is -1.30. The van der Waals surface area contributed by atoms with Gasteiger partial charge in [0.15, 0.2) is 0 Å². The maximum atomic E-state index is 12.7. The second kappa shape index (κ2) is 9.41. The van der Waals surface area contributed by atoms with E-state index in [4.69, 9.17) is 11.6 Å². The molecule has 0 bridgehead atoms. The van der Waals surface area contributed by atoms with Gasteiger partial charge in [-0.25, -0.2) is 0 Å². The molecule has 0 radical (unpaired) electrons. The SMILES string of the molecule is Cl.O=C(CNCC1CC1)Nc1cc(Cl)ccc1C(=O)N1CCCCC1. The van der Waals surface area contributed by atoms with Crippen molar-refractivity contribution in [3.8, 4) is 0 Å². The second-order valence-corrected chi connectivity index (χ2v) is 7.10. The standard InChI is InChI=1S/C18H24ClN3O2.ClH/c19-14-6-7-15(18(24)22-8-2-1-3-9-22)16(10-14)21-17(23)12-20-11-13-4-5-13;/h6-7,10,13,20H,1-5,8-9,11-12H2,(H,21,23);1H. The molecule has 0 spiro atoms. The first-order chi connectivity index (χ1) is 11.6. The number of halogens is 2. The molecule has 7 heteroatoms. The van der Waals surface area contributed by atoms with Crippen LogP contribution >= 0.6 is 24.0 Å². The molecule has 2 fully saturated rings. The minimum Gasteiger partial charge on any atom is -0.339 e. The summed E-state index contributed by atoms with van der Waals surface area (Å²) in [6, 6.07) is 5.05. The van der Waals surface area contributed by atoms with E-state index in [9.17, 15) is 9.59 Å². The number of nitrogens with zero attached hydrogens (tertiary/aromatic N) is 1. The molecule has 25 heavy (non-hydrogen) atoms.